The summed E-state index contributed by atoms with van der Waals surface area (Å²) in [5, 5.41) is 0. The molecule has 3 aliphatic rings. The Hall–Kier alpha value is -6.83. The molecule has 0 spiro atoms. The van der Waals surface area contributed by atoms with E-state index in [1.54, 1.807) is 0 Å². The van der Waals surface area contributed by atoms with Gasteiger partial charge in [0.25, 0.3) is 0 Å². The first-order valence-electron chi connectivity index (χ1n) is 18.6. The molecule has 1 nitrogen and oxygen atoms in total. The maximum atomic E-state index is 14.8. The van der Waals surface area contributed by atoms with Crippen molar-refractivity contribution < 1.29 is 4.79 Å². The van der Waals surface area contributed by atoms with Crippen molar-refractivity contribution in [2.45, 2.75) is 12.8 Å². The third kappa shape index (κ3) is 5.81. The van der Waals surface area contributed by atoms with Gasteiger partial charge in [0.1, 0.15) is 0 Å². The Balaban J connectivity index is 1.28. The molecule has 9 rings (SSSR count). The number of carbonyl (C=O) groups is 1. The minimum absolute atomic E-state index is 0.0693. The van der Waals surface area contributed by atoms with Gasteiger partial charge in [-0.25, -0.2) is 0 Å². The third-order valence-corrected chi connectivity index (χ3v) is 10.7. The molecule has 0 atom stereocenters. The fraction of sp³-hybridized carbons (Fsp3) is 0.0377. The molecule has 3 aliphatic carbocycles. The summed E-state index contributed by atoms with van der Waals surface area (Å²) in [5.41, 5.74) is 17.8. The third-order valence-electron chi connectivity index (χ3n) is 10.7. The zero-order valence-electron chi connectivity index (χ0n) is 30.0. The van der Waals surface area contributed by atoms with E-state index in [0.29, 0.717) is 0 Å². The van der Waals surface area contributed by atoms with Gasteiger partial charge in [0, 0.05) is 16.7 Å². The Kier molecular flexibility index (Phi) is 8.75. The van der Waals surface area contributed by atoms with E-state index in [1.807, 2.05) is 36.4 Å². The SMILES string of the molecule is C=C1C(c2ccccc2)=C(c2ccccc2)C(c2ccc(C3=C(c4ccccc4)C(=O)C(c4ccccc4)=C3C3=CC=CCC3)cc2)=C1c1ccccc1. The topological polar surface area (TPSA) is 17.1 Å². The lowest BCUT2D eigenvalue weighted by Crippen LogP contribution is -2.02. The second-order valence-electron chi connectivity index (χ2n) is 13.9. The van der Waals surface area contributed by atoms with E-state index in [-0.39, 0.29) is 5.78 Å². The highest BCUT2D eigenvalue weighted by Crippen LogP contribution is 2.55. The van der Waals surface area contributed by atoms with E-state index in [2.05, 4.69) is 158 Å². The predicted octanol–water partition coefficient (Wildman–Crippen LogP) is 13.0. The molecule has 0 heterocycles. The zero-order chi connectivity index (χ0) is 36.4. The first-order valence-corrected chi connectivity index (χ1v) is 18.6. The molecule has 0 saturated heterocycles. The van der Waals surface area contributed by atoms with Crippen LogP contribution < -0.4 is 0 Å². The zero-order valence-corrected chi connectivity index (χ0v) is 30.0. The molecule has 0 aliphatic heterocycles. The summed E-state index contributed by atoms with van der Waals surface area (Å²) in [6, 6.07) is 61.2. The predicted molar refractivity (Wildman–Crippen MR) is 227 cm³/mol. The molecule has 6 aromatic rings. The standard InChI is InChI=1S/C53H38O/c1-36-45(37-20-8-2-9-21-37)47(39-24-12-4-13-25-39)48(46(36)38-22-10-3-11-23-38)43-32-34-44(35-33-43)50-49(40-26-14-5-15-27-40)51(41-28-16-6-17-29-41)53(54)52(50)42-30-18-7-19-31-42/h2-14,16-26,28-35H,1,15,27H2. The highest BCUT2D eigenvalue weighted by molar-refractivity contribution is 6.53. The second kappa shape index (κ2) is 14.3. The Labute approximate surface area is 317 Å². The Morgan fingerprint density at radius 1 is 0.352 bits per heavy atom. The summed E-state index contributed by atoms with van der Waals surface area (Å²) in [6.45, 7) is 4.77. The normalized spacial score (nSPS) is 15.8. The van der Waals surface area contributed by atoms with Crippen LogP contribution in [0, 0.1) is 0 Å². The largest absolute Gasteiger partial charge is 0.289 e. The highest BCUT2D eigenvalue weighted by atomic mass is 16.1. The van der Waals surface area contributed by atoms with Crippen LogP contribution in [0.3, 0.4) is 0 Å². The van der Waals surface area contributed by atoms with E-state index in [0.717, 1.165) is 96.4 Å². The van der Waals surface area contributed by atoms with E-state index in [4.69, 9.17) is 6.58 Å². The molecule has 256 valence electrons. The fourth-order valence-electron chi connectivity index (χ4n) is 8.29. The van der Waals surface area contributed by atoms with Crippen molar-refractivity contribution in [3.05, 3.63) is 256 Å². The average Bonchev–Trinajstić information content (AvgIpc) is 3.73. The molecule has 54 heavy (non-hydrogen) atoms. The Morgan fingerprint density at radius 2 is 0.667 bits per heavy atom. The van der Waals surface area contributed by atoms with E-state index in [9.17, 15) is 4.79 Å². The van der Waals surface area contributed by atoms with Crippen molar-refractivity contribution in [3.63, 3.8) is 0 Å². The summed E-state index contributed by atoms with van der Waals surface area (Å²) >= 11 is 0. The number of carbonyl (C=O) groups excluding carboxylic acids is 1. The molecular weight excluding hydrogens is 653 g/mol. The van der Waals surface area contributed by atoms with Crippen molar-refractivity contribution in [1.29, 1.82) is 0 Å². The van der Waals surface area contributed by atoms with Crippen molar-refractivity contribution in [2.75, 3.05) is 0 Å². The number of ketones is 1. The van der Waals surface area contributed by atoms with Crippen LogP contribution in [-0.4, -0.2) is 5.78 Å². The van der Waals surface area contributed by atoms with Gasteiger partial charge in [-0.3, -0.25) is 4.79 Å². The van der Waals surface area contributed by atoms with E-state index < -0.39 is 0 Å². The summed E-state index contributed by atoms with van der Waals surface area (Å²) in [4.78, 5) is 14.8. The van der Waals surface area contributed by atoms with Crippen LogP contribution in [0.4, 0.5) is 0 Å². The Bertz CT molecular complexity index is 2590. The molecule has 1 heteroatoms. The summed E-state index contributed by atoms with van der Waals surface area (Å²) in [6.07, 6.45) is 8.35. The molecule has 0 N–H and O–H groups in total. The van der Waals surface area contributed by atoms with Crippen LogP contribution in [0.25, 0.3) is 39.0 Å². The van der Waals surface area contributed by atoms with Gasteiger partial charge in [0.05, 0.1) is 0 Å². The van der Waals surface area contributed by atoms with Crippen LogP contribution in [0.2, 0.25) is 0 Å². The van der Waals surface area contributed by atoms with Gasteiger partial charge in [-0.1, -0.05) is 201 Å². The summed E-state index contributed by atoms with van der Waals surface area (Å²) < 4.78 is 0. The monoisotopic (exact) mass is 690 g/mol. The van der Waals surface area contributed by atoms with Crippen LogP contribution >= 0.6 is 0 Å². The second-order valence-corrected chi connectivity index (χ2v) is 13.9. The maximum absolute atomic E-state index is 14.8. The van der Waals surface area contributed by atoms with Crippen molar-refractivity contribution in [1.82, 2.24) is 0 Å². The van der Waals surface area contributed by atoms with Crippen LogP contribution in [0.15, 0.2) is 217 Å². The first kappa shape index (κ1) is 33.0. The number of allylic oxidation sites excluding steroid dienone is 13. The van der Waals surface area contributed by atoms with Crippen LogP contribution in [-0.2, 0) is 4.79 Å². The molecule has 0 fully saturated rings. The highest BCUT2D eigenvalue weighted by Gasteiger charge is 2.37. The first-order chi connectivity index (χ1) is 26.7. The average molecular weight is 691 g/mol. The quantitative estimate of drug-likeness (QED) is 0.155. The van der Waals surface area contributed by atoms with Gasteiger partial charge in [0.2, 0.25) is 0 Å². The van der Waals surface area contributed by atoms with Gasteiger partial charge in [0.15, 0.2) is 5.78 Å². The number of benzene rings is 6. The summed E-state index contributed by atoms with van der Waals surface area (Å²) in [5.74, 6) is 0.0693. The molecular formula is C53H38O. The number of hydrogen-bond donors (Lipinski definition) is 0. The van der Waals surface area contributed by atoms with Crippen molar-refractivity contribution in [3.8, 4) is 0 Å². The fourth-order valence-corrected chi connectivity index (χ4v) is 8.29. The molecule has 0 radical (unpaired) electrons. The molecule has 0 aromatic heterocycles. The lowest BCUT2D eigenvalue weighted by molar-refractivity contribution is -0.108. The number of rotatable bonds is 8. The summed E-state index contributed by atoms with van der Waals surface area (Å²) in [7, 11) is 0. The van der Waals surface area contributed by atoms with Gasteiger partial charge >= 0.3 is 0 Å². The smallest absolute Gasteiger partial charge is 0.195 e. The minimum Gasteiger partial charge on any atom is -0.289 e. The van der Waals surface area contributed by atoms with Gasteiger partial charge in [-0.2, -0.15) is 0 Å². The lowest BCUT2D eigenvalue weighted by atomic mass is 9.84. The lowest BCUT2D eigenvalue weighted by Gasteiger charge is -2.19. The van der Waals surface area contributed by atoms with Gasteiger partial charge in [-0.05, 0) is 90.8 Å². The molecule has 0 bridgehead atoms. The molecule has 0 unspecified atom stereocenters. The molecule has 0 saturated carbocycles. The number of hydrogen-bond acceptors (Lipinski definition) is 1. The molecule has 6 aromatic carbocycles. The number of Topliss-reactive ketones (excluding diaryl/α,β-unsaturated/α-hetero) is 1. The molecule has 0 amide bonds. The van der Waals surface area contributed by atoms with E-state index >= 15 is 0 Å². The van der Waals surface area contributed by atoms with Gasteiger partial charge < -0.3 is 0 Å². The van der Waals surface area contributed by atoms with Crippen molar-refractivity contribution in [2.24, 2.45) is 0 Å². The maximum Gasteiger partial charge on any atom is 0.195 e. The van der Waals surface area contributed by atoms with E-state index in [1.165, 1.54) is 11.1 Å². The van der Waals surface area contributed by atoms with Crippen molar-refractivity contribution >= 4 is 44.8 Å². The van der Waals surface area contributed by atoms with Gasteiger partial charge in [-0.15, -0.1) is 0 Å². The minimum atomic E-state index is 0.0693. The Morgan fingerprint density at radius 3 is 1.04 bits per heavy atom. The van der Waals surface area contributed by atoms with Crippen LogP contribution in [0.5, 0.6) is 0 Å². The van der Waals surface area contributed by atoms with Crippen LogP contribution in [0.1, 0.15) is 51.8 Å².